The molecule has 152 valence electrons. The number of carbonyl (C=O) groups excluding carboxylic acids is 1. The van der Waals surface area contributed by atoms with Gasteiger partial charge in [0.15, 0.2) is 0 Å². The average Bonchev–Trinajstić information content (AvgIpc) is 2.57. The highest BCUT2D eigenvalue weighted by Gasteiger charge is 2.47. The number of carbonyl (C=O) groups is 1. The van der Waals surface area contributed by atoms with Crippen LogP contribution in [0.25, 0.3) is 0 Å². The molecule has 1 fully saturated rings. The summed E-state index contributed by atoms with van der Waals surface area (Å²) in [4.78, 5) is 13.1. The van der Waals surface area contributed by atoms with Crippen LogP contribution in [0.1, 0.15) is 85.6 Å². The van der Waals surface area contributed by atoms with Gasteiger partial charge < -0.3 is 10.5 Å². The van der Waals surface area contributed by atoms with Crippen molar-refractivity contribution in [1.29, 1.82) is 0 Å². The van der Waals surface area contributed by atoms with Gasteiger partial charge in [-0.15, -0.1) is 0 Å². The smallest absolute Gasteiger partial charge is 0.311 e. The molecule has 0 aromatic heterocycles. The number of esters is 1. The molecule has 3 heteroatoms. The normalized spacial score (nSPS) is 25.6. The van der Waals surface area contributed by atoms with Crippen LogP contribution in [0.3, 0.4) is 0 Å². The zero-order valence-electron chi connectivity index (χ0n) is 18.3. The minimum absolute atomic E-state index is 0.0349. The fraction of sp³-hybridized carbons (Fsp3) is 0.708. The molecule has 1 unspecified atom stereocenters. The molecule has 1 aromatic rings. The SMILES string of the molecule is CCC(CC(C)(C)C(=O)OC1CC(C)(C)C(N)C(C)(C)C1)c1ccccc1. The van der Waals surface area contributed by atoms with Crippen molar-refractivity contribution in [3.63, 3.8) is 0 Å². The average molecular weight is 374 g/mol. The van der Waals surface area contributed by atoms with E-state index in [9.17, 15) is 4.79 Å². The lowest BCUT2D eigenvalue weighted by Gasteiger charge is -2.50. The second-order valence-electron chi connectivity index (χ2n) is 10.5. The maximum Gasteiger partial charge on any atom is 0.311 e. The Labute approximate surface area is 166 Å². The molecule has 1 aliphatic carbocycles. The number of rotatable bonds is 6. The summed E-state index contributed by atoms with van der Waals surface area (Å²) in [5.74, 6) is 0.283. The predicted octanol–water partition coefficient (Wildman–Crippen LogP) is 5.68. The van der Waals surface area contributed by atoms with E-state index in [1.54, 1.807) is 0 Å². The van der Waals surface area contributed by atoms with Crippen molar-refractivity contribution in [1.82, 2.24) is 0 Å². The van der Waals surface area contributed by atoms with Gasteiger partial charge in [0.25, 0.3) is 0 Å². The molecule has 1 atom stereocenters. The summed E-state index contributed by atoms with van der Waals surface area (Å²) in [5.41, 5.74) is 7.20. The van der Waals surface area contributed by atoms with Crippen molar-refractivity contribution in [2.45, 2.75) is 92.2 Å². The monoisotopic (exact) mass is 373 g/mol. The van der Waals surface area contributed by atoms with Gasteiger partial charge in [-0.3, -0.25) is 4.79 Å². The van der Waals surface area contributed by atoms with E-state index in [1.807, 2.05) is 19.9 Å². The molecule has 0 bridgehead atoms. The van der Waals surface area contributed by atoms with Crippen molar-refractivity contribution >= 4 is 5.97 Å². The quantitative estimate of drug-likeness (QED) is 0.652. The van der Waals surface area contributed by atoms with Gasteiger partial charge in [-0.1, -0.05) is 65.0 Å². The molecule has 1 aromatic carbocycles. The molecule has 2 N–H and O–H groups in total. The van der Waals surface area contributed by atoms with E-state index in [4.69, 9.17) is 10.5 Å². The van der Waals surface area contributed by atoms with E-state index in [-0.39, 0.29) is 28.9 Å². The summed E-state index contributed by atoms with van der Waals surface area (Å²) < 4.78 is 6.06. The topological polar surface area (TPSA) is 52.3 Å². The minimum atomic E-state index is -0.510. The van der Waals surface area contributed by atoms with Crippen molar-refractivity contribution in [3.05, 3.63) is 35.9 Å². The summed E-state index contributed by atoms with van der Waals surface area (Å²) in [6.45, 7) is 15.0. The molecule has 1 aliphatic rings. The highest BCUT2D eigenvalue weighted by molar-refractivity contribution is 5.76. The van der Waals surface area contributed by atoms with Crippen LogP contribution >= 0.6 is 0 Å². The van der Waals surface area contributed by atoms with Gasteiger partial charge in [-0.25, -0.2) is 0 Å². The predicted molar refractivity (Wildman–Crippen MR) is 113 cm³/mol. The van der Waals surface area contributed by atoms with Crippen LogP contribution in [-0.2, 0) is 9.53 Å². The van der Waals surface area contributed by atoms with Gasteiger partial charge in [0.05, 0.1) is 5.41 Å². The van der Waals surface area contributed by atoms with Gasteiger partial charge in [0.1, 0.15) is 6.10 Å². The third-order valence-electron chi connectivity index (χ3n) is 6.54. The molecule has 27 heavy (non-hydrogen) atoms. The second kappa shape index (κ2) is 7.95. The van der Waals surface area contributed by atoms with Crippen molar-refractivity contribution in [2.75, 3.05) is 0 Å². The van der Waals surface area contributed by atoms with Crippen LogP contribution in [0, 0.1) is 16.2 Å². The van der Waals surface area contributed by atoms with Gasteiger partial charge in [0.2, 0.25) is 0 Å². The van der Waals surface area contributed by atoms with Crippen LogP contribution in [0.15, 0.2) is 30.3 Å². The van der Waals surface area contributed by atoms with E-state index in [2.05, 4.69) is 58.9 Å². The summed E-state index contributed by atoms with van der Waals surface area (Å²) in [5, 5.41) is 0. The highest BCUT2D eigenvalue weighted by Crippen LogP contribution is 2.46. The number of ether oxygens (including phenoxy) is 1. The Balaban J connectivity index is 2.07. The molecule has 0 amide bonds. The highest BCUT2D eigenvalue weighted by atomic mass is 16.5. The molecule has 3 nitrogen and oxygen atoms in total. The summed E-state index contributed by atoms with van der Waals surface area (Å²) in [7, 11) is 0. The molecular formula is C24H39NO2. The first-order chi connectivity index (χ1) is 12.4. The molecule has 0 aliphatic heterocycles. The van der Waals surface area contributed by atoms with Gasteiger partial charge in [0, 0.05) is 6.04 Å². The fourth-order valence-electron chi connectivity index (χ4n) is 4.87. The first-order valence-electron chi connectivity index (χ1n) is 10.4. The van der Waals surface area contributed by atoms with Crippen LogP contribution in [0.4, 0.5) is 0 Å². The van der Waals surface area contributed by atoms with Crippen LogP contribution in [-0.4, -0.2) is 18.1 Å². The van der Waals surface area contributed by atoms with Gasteiger partial charge in [-0.05, 0) is 61.8 Å². The third-order valence-corrected chi connectivity index (χ3v) is 6.54. The molecule has 0 saturated heterocycles. The maximum atomic E-state index is 13.1. The Kier molecular flexibility index (Phi) is 6.46. The summed E-state index contributed by atoms with van der Waals surface area (Å²) >= 11 is 0. The Morgan fingerprint density at radius 2 is 1.67 bits per heavy atom. The number of hydrogen-bond acceptors (Lipinski definition) is 3. The lowest BCUT2D eigenvalue weighted by molar-refractivity contribution is -0.167. The molecule has 1 saturated carbocycles. The first kappa shape index (κ1) is 21.9. The van der Waals surface area contributed by atoms with Gasteiger partial charge >= 0.3 is 5.97 Å². The van der Waals surface area contributed by atoms with Crippen LogP contribution < -0.4 is 5.73 Å². The first-order valence-corrected chi connectivity index (χ1v) is 10.4. The van der Waals surface area contributed by atoms with E-state index >= 15 is 0 Å². The largest absolute Gasteiger partial charge is 0.462 e. The number of benzene rings is 1. The second-order valence-corrected chi connectivity index (χ2v) is 10.5. The molecule has 0 spiro atoms. The van der Waals surface area contributed by atoms with Crippen molar-refractivity contribution in [3.8, 4) is 0 Å². The lowest BCUT2D eigenvalue weighted by atomic mass is 9.60. The fourth-order valence-corrected chi connectivity index (χ4v) is 4.87. The maximum absolute atomic E-state index is 13.1. The Morgan fingerprint density at radius 1 is 1.15 bits per heavy atom. The molecule has 2 rings (SSSR count). The number of hydrogen-bond donors (Lipinski definition) is 1. The minimum Gasteiger partial charge on any atom is -0.462 e. The van der Waals surface area contributed by atoms with Crippen LogP contribution in [0.2, 0.25) is 0 Å². The van der Waals surface area contributed by atoms with Crippen molar-refractivity contribution in [2.24, 2.45) is 22.0 Å². The van der Waals surface area contributed by atoms with Crippen LogP contribution in [0.5, 0.6) is 0 Å². The zero-order chi connectivity index (χ0) is 20.5. The third kappa shape index (κ3) is 5.13. The van der Waals surface area contributed by atoms with E-state index < -0.39 is 5.41 Å². The van der Waals surface area contributed by atoms with E-state index in [0.717, 1.165) is 25.7 Å². The van der Waals surface area contributed by atoms with Gasteiger partial charge in [-0.2, -0.15) is 0 Å². The summed E-state index contributed by atoms with van der Waals surface area (Å²) in [6, 6.07) is 10.6. The lowest BCUT2D eigenvalue weighted by Crippen LogP contribution is -2.55. The van der Waals surface area contributed by atoms with E-state index in [0.29, 0.717) is 5.92 Å². The Morgan fingerprint density at radius 3 is 2.15 bits per heavy atom. The molecule has 0 heterocycles. The Bertz CT molecular complexity index is 615. The standard InChI is InChI=1S/C24H39NO2/c1-8-17(18-12-10-9-11-13-18)14-24(6,7)21(26)27-19-15-22(2,3)20(25)23(4,5)16-19/h9-13,17,19-20H,8,14-16,25H2,1-7H3. The zero-order valence-corrected chi connectivity index (χ0v) is 18.3. The molecular weight excluding hydrogens is 334 g/mol. The Hall–Kier alpha value is -1.35. The number of nitrogens with two attached hydrogens (primary N) is 1. The van der Waals surface area contributed by atoms with Crippen molar-refractivity contribution < 1.29 is 9.53 Å². The van der Waals surface area contributed by atoms with E-state index in [1.165, 1.54) is 5.56 Å². The molecule has 0 radical (unpaired) electrons. The summed E-state index contributed by atoms with van der Waals surface area (Å²) in [6.07, 6.45) is 3.41.